The van der Waals surface area contributed by atoms with Crippen molar-refractivity contribution in [3.05, 3.63) is 33.9 Å². The number of nitrogens with one attached hydrogen (secondary N) is 1. The molecule has 1 aromatic carbocycles. The zero-order valence-corrected chi connectivity index (χ0v) is 11.8. The Balaban J connectivity index is 1.99. The molecule has 3 aromatic rings. The molecule has 11 heteroatoms. The summed E-state index contributed by atoms with van der Waals surface area (Å²) in [6.07, 6.45) is -4.58. The van der Waals surface area contributed by atoms with Crippen molar-refractivity contribution in [2.24, 2.45) is 0 Å². The molecule has 6 nitrogen and oxygen atoms in total. The Labute approximate surface area is 130 Å². The molecule has 0 aliphatic carbocycles. The van der Waals surface area contributed by atoms with E-state index in [4.69, 9.17) is 23.2 Å². The van der Waals surface area contributed by atoms with Gasteiger partial charge in [-0.15, -0.1) is 0 Å². The van der Waals surface area contributed by atoms with E-state index in [2.05, 4.69) is 30.2 Å². The lowest BCUT2D eigenvalue weighted by atomic mass is 10.2. The van der Waals surface area contributed by atoms with Gasteiger partial charge in [0.1, 0.15) is 0 Å². The number of rotatable bonds is 2. The van der Waals surface area contributed by atoms with Gasteiger partial charge in [0.25, 0.3) is 0 Å². The van der Waals surface area contributed by atoms with Gasteiger partial charge in [-0.1, -0.05) is 23.2 Å². The largest absolute Gasteiger partial charge is 0.417 e. The minimum absolute atomic E-state index is 0.0142. The number of halogens is 5. The molecule has 0 radical (unpaired) electrons. The monoisotopic (exact) mass is 349 g/mol. The van der Waals surface area contributed by atoms with Crippen LogP contribution in [0.4, 0.5) is 24.7 Å². The van der Waals surface area contributed by atoms with Crippen LogP contribution in [-0.4, -0.2) is 20.3 Å². The van der Waals surface area contributed by atoms with E-state index in [-0.39, 0.29) is 28.0 Å². The predicted molar refractivity (Wildman–Crippen MR) is 72.1 cm³/mol. The topological polar surface area (TPSA) is 76.7 Å². The van der Waals surface area contributed by atoms with E-state index in [1.807, 2.05) is 0 Å². The average Bonchev–Trinajstić information content (AvgIpc) is 2.87. The summed E-state index contributed by atoms with van der Waals surface area (Å²) in [4.78, 5) is 7.80. The fourth-order valence-corrected chi connectivity index (χ4v) is 2.05. The zero-order valence-electron chi connectivity index (χ0n) is 10.3. The summed E-state index contributed by atoms with van der Waals surface area (Å²) in [5.74, 6) is 0.0142. The molecule has 22 heavy (non-hydrogen) atoms. The predicted octanol–water partition coefficient (Wildman–Crippen LogP) is 4.08. The molecule has 114 valence electrons. The lowest BCUT2D eigenvalue weighted by Crippen LogP contribution is -2.07. The minimum Gasteiger partial charge on any atom is -0.338 e. The number of aromatic nitrogens is 4. The molecule has 2 aromatic heterocycles. The molecular weight excluding hydrogens is 346 g/mol. The Morgan fingerprint density at radius 2 is 1.73 bits per heavy atom. The second-order valence-electron chi connectivity index (χ2n) is 4.09. The van der Waals surface area contributed by atoms with Crippen LogP contribution in [0.15, 0.2) is 22.8 Å². The lowest BCUT2D eigenvalue weighted by Gasteiger charge is -2.12. The van der Waals surface area contributed by atoms with Crippen molar-refractivity contribution in [2.75, 3.05) is 5.32 Å². The quantitative estimate of drug-likeness (QED) is 0.751. The summed E-state index contributed by atoms with van der Waals surface area (Å²) < 4.78 is 42.9. The summed E-state index contributed by atoms with van der Waals surface area (Å²) in [7, 11) is 0. The van der Waals surface area contributed by atoms with Crippen LogP contribution in [0, 0.1) is 0 Å². The molecule has 0 amide bonds. The van der Waals surface area contributed by atoms with E-state index < -0.39 is 16.8 Å². The fraction of sp³-hybridized carbons (Fsp3) is 0.0909. The highest BCUT2D eigenvalue weighted by atomic mass is 35.5. The van der Waals surface area contributed by atoms with Gasteiger partial charge in [-0.2, -0.15) is 13.2 Å². The molecule has 1 N–H and O–H groups in total. The van der Waals surface area contributed by atoms with E-state index in [1.165, 1.54) is 6.07 Å². The summed E-state index contributed by atoms with van der Waals surface area (Å²) in [5.41, 5.74) is -0.740. The van der Waals surface area contributed by atoms with Crippen LogP contribution in [0.25, 0.3) is 11.3 Å². The summed E-state index contributed by atoms with van der Waals surface area (Å²) in [6.45, 7) is 0. The van der Waals surface area contributed by atoms with Gasteiger partial charge in [0.15, 0.2) is 11.0 Å². The minimum atomic E-state index is -4.58. The Bertz CT molecular complexity index is 851. The van der Waals surface area contributed by atoms with Crippen molar-refractivity contribution in [1.82, 2.24) is 20.3 Å². The summed E-state index contributed by atoms with van der Waals surface area (Å²) in [5, 5.41) is 9.04. The normalized spacial score (nSPS) is 11.9. The molecule has 0 saturated heterocycles. The SMILES string of the molecule is FC(F)(F)c1cc(Nc2nc3nonc3nc2Cl)ccc1Cl. The maximum atomic E-state index is 12.8. The van der Waals surface area contributed by atoms with Crippen LogP contribution in [-0.2, 0) is 6.18 Å². The first kappa shape index (κ1) is 14.8. The maximum absolute atomic E-state index is 12.8. The van der Waals surface area contributed by atoms with E-state index in [0.717, 1.165) is 12.1 Å². The summed E-state index contributed by atoms with van der Waals surface area (Å²) >= 11 is 11.4. The van der Waals surface area contributed by atoms with Gasteiger partial charge in [-0.25, -0.2) is 14.6 Å². The van der Waals surface area contributed by atoms with Gasteiger partial charge >= 0.3 is 6.18 Å². The fourth-order valence-electron chi connectivity index (χ4n) is 1.65. The first-order valence-electron chi connectivity index (χ1n) is 5.64. The third kappa shape index (κ3) is 2.77. The number of alkyl halides is 3. The molecule has 3 rings (SSSR count). The van der Waals surface area contributed by atoms with Crippen molar-refractivity contribution in [2.45, 2.75) is 6.18 Å². The Morgan fingerprint density at radius 3 is 2.41 bits per heavy atom. The van der Waals surface area contributed by atoms with Crippen molar-refractivity contribution < 1.29 is 17.8 Å². The number of hydrogen-bond donors (Lipinski definition) is 1. The molecule has 0 spiro atoms. The van der Waals surface area contributed by atoms with Gasteiger partial charge in [-0.3, -0.25) is 0 Å². The molecule has 0 aliphatic heterocycles. The van der Waals surface area contributed by atoms with Crippen LogP contribution in [0.3, 0.4) is 0 Å². The van der Waals surface area contributed by atoms with E-state index in [9.17, 15) is 13.2 Å². The highest BCUT2D eigenvalue weighted by molar-refractivity contribution is 6.32. The second-order valence-corrected chi connectivity index (χ2v) is 4.86. The van der Waals surface area contributed by atoms with Gasteiger partial charge in [0.05, 0.1) is 10.6 Å². The Hall–Kier alpha value is -2.13. The molecule has 0 aliphatic rings. The van der Waals surface area contributed by atoms with E-state index in [1.54, 1.807) is 0 Å². The standard InChI is InChI=1S/C11H4Cl2F3N5O/c12-6-2-1-4(3-5(6)11(14,15)16)17-8-7(13)18-9-10(19-8)21-22-20-9/h1-3H,(H,17,19,21). The van der Waals surface area contributed by atoms with Crippen molar-refractivity contribution in [3.63, 3.8) is 0 Å². The number of fused-ring (bicyclic) bond motifs is 1. The number of nitrogens with zero attached hydrogens (tertiary/aromatic N) is 4. The molecule has 0 saturated carbocycles. The average molecular weight is 350 g/mol. The third-order valence-electron chi connectivity index (χ3n) is 2.61. The maximum Gasteiger partial charge on any atom is 0.417 e. The molecule has 2 heterocycles. The lowest BCUT2D eigenvalue weighted by molar-refractivity contribution is -0.137. The highest BCUT2D eigenvalue weighted by Gasteiger charge is 2.33. The zero-order chi connectivity index (χ0) is 15.9. The van der Waals surface area contributed by atoms with Crippen molar-refractivity contribution in [1.29, 1.82) is 0 Å². The molecule has 0 bridgehead atoms. The smallest absolute Gasteiger partial charge is 0.338 e. The van der Waals surface area contributed by atoms with Gasteiger partial charge in [-0.05, 0) is 28.5 Å². The second kappa shape index (κ2) is 5.25. The van der Waals surface area contributed by atoms with Gasteiger partial charge in [0, 0.05) is 5.69 Å². The van der Waals surface area contributed by atoms with Crippen molar-refractivity contribution >= 4 is 46.0 Å². The number of benzene rings is 1. The number of anilines is 2. The Morgan fingerprint density at radius 1 is 1.05 bits per heavy atom. The van der Waals surface area contributed by atoms with Crippen LogP contribution < -0.4 is 5.32 Å². The molecule has 0 fully saturated rings. The molecule has 0 atom stereocenters. The molecule has 0 unspecified atom stereocenters. The van der Waals surface area contributed by atoms with Crippen molar-refractivity contribution in [3.8, 4) is 0 Å². The highest BCUT2D eigenvalue weighted by Crippen LogP contribution is 2.37. The van der Waals surface area contributed by atoms with Crippen LogP contribution in [0.2, 0.25) is 10.2 Å². The molecular formula is C11H4Cl2F3N5O. The van der Waals surface area contributed by atoms with Gasteiger partial charge < -0.3 is 5.32 Å². The van der Waals surface area contributed by atoms with Crippen LogP contribution in [0.5, 0.6) is 0 Å². The van der Waals surface area contributed by atoms with Gasteiger partial charge in [0.2, 0.25) is 11.3 Å². The van der Waals surface area contributed by atoms with E-state index in [0.29, 0.717) is 0 Å². The van der Waals surface area contributed by atoms with Crippen LogP contribution in [0.1, 0.15) is 5.56 Å². The first-order valence-corrected chi connectivity index (χ1v) is 6.40. The first-order chi connectivity index (χ1) is 10.3. The summed E-state index contributed by atoms with van der Waals surface area (Å²) in [6, 6.07) is 3.30. The van der Waals surface area contributed by atoms with E-state index >= 15 is 0 Å². The number of hydrogen-bond acceptors (Lipinski definition) is 6. The third-order valence-corrected chi connectivity index (χ3v) is 3.20. The Kier molecular flexibility index (Phi) is 3.53. The van der Waals surface area contributed by atoms with Crippen LogP contribution >= 0.6 is 23.2 Å².